The molecule has 3 aliphatic heterocycles. The molecule has 0 aromatic heterocycles. The normalized spacial score (nSPS) is 62.5. The molecule has 4 fully saturated rings. The van der Waals surface area contributed by atoms with Gasteiger partial charge < -0.3 is 9.59 Å². The molecule has 12 heavy (non-hydrogen) atoms. The average molecular weight is 167 g/mol. The molecule has 0 N–H and O–H groups in total. The van der Waals surface area contributed by atoms with Gasteiger partial charge >= 0.3 is 0 Å². The fraction of sp³-hybridized carbons (Fsp3) is 1.00. The van der Waals surface area contributed by atoms with Gasteiger partial charge in [-0.2, -0.15) is 0 Å². The monoisotopic (exact) mass is 167 g/mol. The fourth-order valence-corrected chi connectivity index (χ4v) is 4.12. The van der Waals surface area contributed by atoms with Crippen LogP contribution >= 0.6 is 0 Å². The highest BCUT2D eigenvalue weighted by atomic mass is 16.3. The van der Waals surface area contributed by atoms with Gasteiger partial charge in [0.1, 0.15) is 0 Å². The van der Waals surface area contributed by atoms with Gasteiger partial charge in [-0.25, -0.2) is 0 Å². The van der Waals surface area contributed by atoms with Crippen LogP contribution in [0.25, 0.3) is 0 Å². The molecular formula is C10H17NO. The second-order valence-electron chi connectivity index (χ2n) is 5.43. The Kier molecular flexibility index (Phi) is 1.25. The van der Waals surface area contributed by atoms with E-state index in [1.165, 1.54) is 32.4 Å². The first-order chi connectivity index (χ1) is 5.67. The van der Waals surface area contributed by atoms with Crippen molar-refractivity contribution >= 4 is 0 Å². The van der Waals surface area contributed by atoms with Crippen molar-refractivity contribution in [2.75, 3.05) is 20.1 Å². The molecule has 0 spiro atoms. The molecular weight excluding hydrogens is 150 g/mol. The molecule has 0 radical (unpaired) electrons. The third-order valence-electron chi connectivity index (χ3n) is 4.31. The third-order valence-corrected chi connectivity index (χ3v) is 4.31. The van der Waals surface area contributed by atoms with E-state index in [4.69, 9.17) is 0 Å². The highest BCUT2D eigenvalue weighted by Gasteiger charge is 2.51. The van der Waals surface area contributed by atoms with E-state index in [0.717, 1.165) is 16.3 Å². The lowest BCUT2D eigenvalue weighted by molar-refractivity contribution is -1.02. The van der Waals surface area contributed by atoms with Crippen molar-refractivity contribution < 1.29 is 9.59 Å². The Morgan fingerprint density at radius 3 is 2.17 bits per heavy atom. The first kappa shape index (κ1) is 7.34. The van der Waals surface area contributed by atoms with E-state index >= 15 is 0 Å². The largest absolute Gasteiger partial charge is 0.806 e. The molecule has 2 nitrogen and oxygen atoms in total. The van der Waals surface area contributed by atoms with E-state index in [1.54, 1.807) is 0 Å². The summed E-state index contributed by atoms with van der Waals surface area (Å²) >= 11 is 0. The van der Waals surface area contributed by atoms with Gasteiger partial charge in [0, 0.05) is 18.1 Å². The van der Waals surface area contributed by atoms with Crippen LogP contribution in [0.15, 0.2) is 0 Å². The Balaban J connectivity index is 1.97. The minimum atomic E-state index is -0.280. The predicted molar refractivity (Wildman–Crippen MR) is 44.0 cm³/mol. The van der Waals surface area contributed by atoms with Gasteiger partial charge in [0.2, 0.25) is 0 Å². The third kappa shape index (κ3) is 0.775. The fourth-order valence-electron chi connectivity index (χ4n) is 4.12. The number of nitrogens with zero attached hydrogens (tertiary/aromatic N) is 1. The van der Waals surface area contributed by atoms with E-state index in [2.05, 4.69) is 7.05 Å². The number of quaternary nitrogens is 1. The molecule has 3 unspecified atom stereocenters. The lowest BCUT2D eigenvalue weighted by Gasteiger charge is -2.63. The van der Waals surface area contributed by atoms with E-state index in [1.807, 2.05) is 0 Å². The van der Waals surface area contributed by atoms with E-state index in [0.29, 0.717) is 5.92 Å². The van der Waals surface area contributed by atoms with Crippen LogP contribution < -0.4 is 5.11 Å². The van der Waals surface area contributed by atoms with Gasteiger partial charge in [-0.15, -0.1) is 0 Å². The molecule has 5 atom stereocenters. The molecule has 2 heteroatoms. The summed E-state index contributed by atoms with van der Waals surface area (Å²) in [6.07, 6.45) is 3.64. The molecule has 0 aromatic carbocycles. The van der Waals surface area contributed by atoms with Crippen molar-refractivity contribution in [2.45, 2.75) is 25.5 Å². The summed E-state index contributed by atoms with van der Waals surface area (Å²) in [5.41, 5.74) is 0. The van der Waals surface area contributed by atoms with Crippen molar-refractivity contribution in [1.82, 2.24) is 0 Å². The predicted octanol–water partition coefficient (Wildman–Crippen LogP) is 0.179. The standard InChI is InChI=1S/C10H17NO/c1-11-5-7-2-8(6-11)4-9(3-7)10(11)12/h7-10H,2-6H2,1H3/t7-,8+,9?,10?,11?. The lowest BCUT2D eigenvalue weighted by atomic mass is 9.66. The number of hydrogen-bond donors (Lipinski definition) is 0. The summed E-state index contributed by atoms with van der Waals surface area (Å²) < 4.78 is 0.861. The highest BCUT2D eigenvalue weighted by molar-refractivity contribution is 4.88. The minimum absolute atomic E-state index is 0.280. The van der Waals surface area contributed by atoms with Crippen molar-refractivity contribution in [2.24, 2.45) is 17.8 Å². The zero-order valence-electron chi connectivity index (χ0n) is 7.70. The maximum atomic E-state index is 12.0. The molecule has 4 rings (SSSR count). The zero-order valence-corrected chi connectivity index (χ0v) is 7.70. The maximum Gasteiger partial charge on any atom is 0.0805 e. The molecule has 1 saturated carbocycles. The molecule has 3 saturated heterocycles. The van der Waals surface area contributed by atoms with Gasteiger partial charge in [0.25, 0.3) is 0 Å². The number of piperidine rings is 3. The average Bonchev–Trinajstić information content (AvgIpc) is 1.98. The summed E-state index contributed by atoms with van der Waals surface area (Å²) in [5.74, 6) is 2.33. The first-order valence-electron chi connectivity index (χ1n) is 5.17. The first-order valence-corrected chi connectivity index (χ1v) is 5.17. The zero-order chi connectivity index (χ0) is 8.34. The minimum Gasteiger partial charge on any atom is -0.806 e. The smallest absolute Gasteiger partial charge is 0.0805 e. The number of hydrogen-bond acceptors (Lipinski definition) is 1. The van der Waals surface area contributed by atoms with Gasteiger partial charge in [0.05, 0.1) is 20.1 Å². The second kappa shape index (κ2) is 2.05. The summed E-state index contributed by atoms with van der Waals surface area (Å²) in [4.78, 5) is 0. The van der Waals surface area contributed by atoms with Crippen LogP contribution in [-0.2, 0) is 0 Å². The molecule has 0 amide bonds. The second-order valence-corrected chi connectivity index (χ2v) is 5.43. The summed E-state index contributed by atoms with van der Waals surface area (Å²) in [6, 6.07) is 0. The molecule has 4 aliphatic rings. The van der Waals surface area contributed by atoms with Gasteiger partial charge in [-0.3, -0.25) is 0 Å². The van der Waals surface area contributed by atoms with Crippen LogP contribution in [-0.4, -0.2) is 30.8 Å². The summed E-state index contributed by atoms with van der Waals surface area (Å²) in [6.45, 7) is 2.36. The lowest BCUT2D eigenvalue weighted by Crippen LogP contribution is -2.73. The van der Waals surface area contributed by atoms with Crippen LogP contribution in [0, 0.1) is 17.8 Å². The molecule has 1 aliphatic carbocycles. The summed E-state index contributed by atoms with van der Waals surface area (Å²) in [5, 5.41) is 12.0. The maximum absolute atomic E-state index is 12.0. The molecule has 0 aromatic rings. The van der Waals surface area contributed by atoms with Crippen LogP contribution in [0.5, 0.6) is 0 Å². The SMILES string of the molecule is C[N+]12C[C@@H]3CC(C[C@@H](C3)C1)C2[O-]. The van der Waals surface area contributed by atoms with Gasteiger partial charge in [0.15, 0.2) is 0 Å². The van der Waals surface area contributed by atoms with Crippen molar-refractivity contribution in [3.8, 4) is 0 Å². The van der Waals surface area contributed by atoms with Crippen LogP contribution in [0.4, 0.5) is 0 Å². The Morgan fingerprint density at radius 1 is 1.08 bits per heavy atom. The van der Waals surface area contributed by atoms with E-state index in [9.17, 15) is 5.11 Å². The Bertz CT molecular complexity index is 202. The van der Waals surface area contributed by atoms with Crippen molar-refractivity contribution in [3.05, 3.63) is 0 Å². The van der Waals surface area contributed by atoms with E-state index < -0.39 is 0 Å². The Hall–Kier alpha value is -0.0800. The van der Waals surface area contributed by atoms with E-state index in [-0.39, 0.29) is 6.23 Å². The number of rotatable bonds is 0. The Labute approximate surface area is 73.8 Å². The Morgan fingerprint density at radius 2 is 1.67 bits per heavy atom. The van der Waals surface area contributed by atoms with Crippen molar-refractivity contribution in [1.29, 1.82) is 0 Å². The van der Waals surface area contributed by atoms with Crippen LogP contribution in [0.2, 0.25) is 0 Å². The van der Waals surface area contributed by atoms with Crippen LogP contribution in [0.3, 0.4) is 0 Å². The molecule has 3 heterocycles. The topological polar surface area (TPSA) is 23.1 Å². The molecule has 4 bridgehead atoms. The summed E-state index contributed by atoms with van der Waals surface area (Å²) in [7, 11) is 2.18. The van der Waals surface area contributed by atoms with Gasteiger partial charge in [-0.05, 0) is 25.2 Å². The quantitative estimate of drug-likeness (QED) is 0.472. The highest BCUT2D eigenvalue weighted by Crippen LogP contribution is 2.48. The molecule has 68 valence electrons. The van der Waals surface area contributed by atoms with Crippen molar-refractivity contribution in [3.63, 3.8) is 0 Å². The van der Waals surface area contributed by atoms with Crippen LogP contribution in [0.1, 0.15) is 19.3 Å². The van der Waals surface area contributed by atoms with Gasteiger partial charge in [-0.1, -0.05) is 0 Å².